The van der Waals surface area contributed by atoms with Crippen LogP contribution < -0.4 is 5.32 Å². The zero-order chi connectivity index (χ0) is 16.8. The van der Waals surface area contributed by atoms with E-state index >= 15 is 0 Å². The molecular formula is C15H12Cl2N2O3S. The fraction of sp³-hybridized carbons (Fsp3) is 0.133. The molecule has 8 heteroatoms. The number of rotatable bonds is 6. The molecule has 0 spiro atoms. The van der Waals surface area contributed by atoms with Crippen molar-refractivity contribution < 1.29 is 9.72 Å². The van der Waals surface area contributed by atoms with Gasteiger partial charge in [-0.15, -0.1) is 11.8 Å². The van der Waals surface area contributed by atoms with Crippen LogP contribution in [0.15, 0.2) is 42.5 Å². The zero-order valence-electron chi connectivity index (χ0n) is 11.8. The number of halogens is 2. The second-order valence-corrected chi connectivity index (χ2v) is 6.42. The molecule has 1 N–H and O–H groups in total. The van der Waals surface area contributed by atoms with E-state index in [9.17, 15) is 14.9 Å². The number of benzene rings is 2. The van der Waals surface area contributed by atoms with Crippen LogP contribution in [0.5, 0.6) is 0 Å². The van der Waals surface area contributed by atoms with Crippen LogP contribution in [-0.4, -0.2) is 16.6 Å². The molecule has 5 nitrogen and oxygen atoms in total. The molecule has 0 fully saturated rings. The summed E-state index contributed by atoms with van der Waals surface area (Å²) in [6, 6.07) is 11.3. The van der Waals surface area contributed by atoms with Crippen molar-refractivity contribution in [1.29, 1.82) is 0 Å². The third-order valence-corrected chi connectivity index (χ3v) is 4.42. The van der Waals surface area contributed by atoms with E-state index in [4.69, 9.17) is 23.2 Å². The van der Waals surface area contributed by atoms with E-state index in [0.717, 1.165) is 5.56 Å². The normalized spacial score (nSPS) is 10.3. The predicted octanol–water partition coefficient (Wildman–Crippen LogP) is 4.77. The van der Waals surface area contributed by atoms with Gasteiger partial charge in [0.05, 0.1) is 21.4 Å². The number of thioether (sulfide) groups is 1. The summed E-state index contributed by atoms with van der Waals surface area (Å²) in [5.41, 5.74) is 1.31. The van der Waals surface area contributed by atoms with Crippen molar-refractivity contribution in [3.8, 4) is 0 Å². The third-order valence-electron chi connectivity index (χ3n) is 2.85. The summed E-state index contributed by atoms with van der Waals surface area (Å²) in [4.78, 5) is 22.0. The van der Waals surface area contributed by atoms with Crippen molar-refractivity contribution in [3.05, 3.63) is 68.2 Å². The Hall–Kier alpha value is -1.76. The molecule has 0 aliphatic heterocycles. The van der Waals surface area contributed by atoms with Gasteiger partial charge in [-0.1, -0.05) is 35.3 Å². The standard InChI is InChI=1S/C15H12Cl2N2O3S/c16-11-3-1-10(2-4-11)8-23-9-15(20)18-14-6-5-12(19(21)22)7-13(14)17/h1-7H,8-9H2,(H,18,20). The lowest BCUT2D eigenvalue weighted by molar-refractivity contribution is -0.384. The molecule has 23 heavy (non-hydrogen) atoms. The molecule has 2 rings (SSSR count). The highest BCUT2D eigenvalue weighted by molar-refractivity contribution is 7.99. The van der Waals surface area contributed by atoms with Crippen molar-refractivity contribution in [2.75, 3.05) is 11.1 Å². The van der Waals surface area contributed by atoms with Gasteiger partial charge in [-0.05, 0) is 23.8 Å². The molecule has 0 aliphatic rings. The summed E-state index contributed by atoms with van der Waals surface area (Å²) in [5, 5.41) is 14.1. The number of nitrogens with one attached hydrogen (secondary N) is 1. The number of nitro groups is 1. The Morgan fingerprint density at radius 2 is 1.87 bits per heavy atom. The van der Waals surface area contributed by atoms with Gasteiger partial charge in [-0.25, -0.2) is 0 Å². The Morgan fingerprint density at radius 1 is 1.17 bits per heavy atom. The van der Waals surface area contributed by atoms with Crippen LogP contribution in [0.25, 0.3) is 0 Å². The number of carbonyl (C=O) groups is 1. The molecule has 0 atom stereocenters. The summed E-state index contributed by atoms with van der Waals surface area (Å²) >= 11 is 13.2. The first kappa shape index (κ1) is 17.6. The molecule has 2 aromatic carbocycles. The SMILES string of the molecule is O=C(CSCc1ccc(Cl)cc1)Nc1ccc([N+](=O)[O-])cc1Cl. The van der Waals surface area contributed by atoms with Gasteiger partial charge in [-0.3, -0.25) is 14.9 Å². The lowest BCUT2D eigenvalue weighted by Gasteiger charge is -2.07. The molecule has 2 aromatic rings. The summed E-state index contributed by atoms with van der Waals surface area (Å²) in [6.45, 7) is 0. The topological polar surface area (TPSA) is 72.2 Å². The monoisotopic (exact) mass is 370 g/mol. The van der Waals surface area contributed by atoms with Crippen LogP contribution in [-0.2, 0) is 10.5 Å². The smallest absolute Gasteiger partial charge is 0.271 e. The Kier molecular flexibility index (Phi) is 6.27. The minimum atomic E-state index is -0.542. The van der Waals surface area contributed by atoms with Gasteiger partial charge in [0.15, 0.2) is 0 Å². The van der Waals surface area contributed by atoms with E-state index in [1.165, 1.54) is 30.0 Å². The summed E-state index contributed by atoms with van der Waals surface area (Å²) < 4.78 is 0. The number of nitrogens with zero attached hydrogens (tertiary/aromatic N) is 1. The molecule has 0 radical (unpaired) electrons. The van der Waals surface area contributed by atoms with Crippen molar-refractivity contribution in [3.63, 3.8) is 0 Å². The average Bonchev–Trinajstić information content (AvgIpc) is 2.51. The number of carbonyl (C=O) groups excluding carboxylic acids is 1. The van der Waals surface area contributed by atoms with E-state index in [-0.39, 0.29) is 22.4 Å². The van der Waals surface area contributed by atoms with Crippen LogP contribution in [0.3, 0.4) is 0 Å². The maximum absolute atomic E-state index is 11.9. The van der Waals surface area contributed by atoms with Crippen LogP contribution >= 0.6 is 35.0 Å². The molecule has 1 amide bonds. The maximum Gasteiger partial charge on any atom is 0.271 e. The van der Waals surface area contributed by atoms with E-state index in [0.29, 0.717) is 16.5 Å². The second kappa shape index (κ2) is 8.19. The fourth-order valence-electron chi connectivity index (χ4n) is 1.75. The average molecular weight is 371 g/mol. The van der Waals surface area contributed by atoms with Gasteiger partial charge in [0.2, 0.25) is 5.91 Å². The zero-order valence-corrected chi connectivity index (χ0v) is 14.1. The van der Waals surface area contributed by atoms with Crippen LogP contribution in [0.1, 0.15) is 5.56 Å². The van der Waals surface area contributed by atoms with E-state index in [1.54, 1.807) is 12.1 Å². The van der Waals surface area contributed by atoms with E-state index < -0.39 is 4.92 Å². The van der Waals surface area contributed by atoms with Gasteiger partial charge in [0.25, 0.3) is 5.69 Å². The van der Waals surface area contributed by atoms with Crippen molar-refractivity contribution >= 4 is 52.2 Å². The van der Waals surface area contributed by atoms with Crippen molar-refractivity contribution in [2.24, 2.45) is 0 Å². The highest BCUT2D eigenvalue weighted by atomic mass is 35.5. The highest BCUT2D eigenvalue weighted by Gasteiger charge is 2.11. The Labute approximate surface area is 147 Å². The first-order valence-corrected chi connectivity index (χ1v) is 8.43. The number of hydrogen-bond acceptors (Lipinski definition) is 4. The molecule has 0 saturated carbocycles. The van der Waals surface area contributed by atoms with Crippen molar-refractivity contribution in [2.45, 2.75) is 5.75 Å². The predicted molar refractivity (Wildman–Crippen MR) is 94.4 cm³/mol. The molecule has 0 aromatic heterocycles. The first-order valence-electron chi connectivity index (χ1n) is 6.51. The van der Waals surface area contributed by atoms with Crippen LogP contribution in [0.2, 0.25) is 10.0 Å². The van der Waals surface area contributed by atoms with Crippen molar-refractivity contribution in [1.82, 2.24) is 0 Å². The molecule has 0 heterocycles. The minimum absolute atomic E-state index is 0.120. The van der Waals surface area contributed by atoms with E-state index in [2.05, 4.69) is 5.32 Å². The third kappa shape index (κ3) is 5.42. The molecule has 0 saturated heterocycles. The number of amides is 1. The van der Waals surface area contributed by atoms with Gasteiger partial charge >= 0.3 is 0 Å². The maximum atomic E-state index is 11.9. The Morgan fingerprint density at radius 3 is 2.48 bits per heavy atom. The lowest BCUT2D eigenvalue weighted by atomic mass is 10.2. The number of non-ortho nitro benzene ring substituents is 1. The Bertz CT molecular complexity index is 723. The summed E-state index contributed by atoms with van der Waals surface area (Å²) in [6.07, 6.45) is 0. The van der Waals surface area contributed by atoms with Crippen LogP contribution in [0, 0.1) is 10.1 Å². The quantitative estimate of drug-likeness (QED) is 0.586. The fourth-order valence-corrected chi connectivity index (χ4v) is 2.88. The molecule has 0 aliphatic carbocycles. The lowest BCUT2D eigenvalue weighted by Crippen LogP contribution is -2.14. The summed E-state index contributed by atoms with van der Waals surface area (Å²) in [5.74, 6) is 0.703. The van der Waals surface area contributed by atoms with E-state index in [1.807, 2.05) is 12.1 Å². The molecule has 0 bridgehead atoms. The molecular weight excluding hydrogens is 359 g/mol. The minimum Gasteiger partial charge on any atom is -0.324 e. The number of anilines is 1. The first-order chi connectivity index (χ1) is 11.0. The number of hydrogen-bond donors (Lipinski definition) is 1. The second-order valence-electron chi connectivity index (χ2n) is 4.59. The number of nitro benzene ring substituents is 1. The Balaban J connectivity index is 1.85. The largest absolute Gasteiger partial charge is 0.324 e. The molecule has 120 valence electrons. The van der Waals surface area contributed by atoms with Gasteiger partial charge in [0.1, 0.15) is 0 Å². The van der Waals surface area contributed by atoms with Crippen LogP contribution in [0.4, 0.5) is 11.4 Å². The van der Waals surface area contributed by atoms with Gasteiger partial charge in [-0.2, -0.15) is 0 Å². The van der Waals surface area contributed by atoms with Gasteiger partial charge in [0, 0.05) is 22.9 Å². The highest BCUT2D eigenvalue weighted by Crippen LogP contribution is 2.26. The summed E-state index contributed by atoms with van der Waals surface area (Å²) in [7, 11) is 0. The molecule has 0 unspecified atom stereocenters. The van der Waals surface area contributed by atoms with Gasteiger partial charge < -0.3 is 5.32 Å².